The van der Waals surface area contributed by atoms with Gasteiger partial charge in [0.05, 0.1) is 25.4 Å². The van der Waals surface area contributed by atoms with Gasteiger partial charge in [-0.25, -0.2) is 0 Å². The van der Waals surface area contributed by atoms with Crippen LogP contribution in [0.4, 0.5) is 0 Å². The Kier molecular flexibility index (Phi) is 61.1. The maximum Gasteiger partial charge on any atom is 0.220 e. The molecule has 1 aliphatic rings. The van der Waals surface area contributed by atoms with E-state index in [1.807, 2.05) is 6.08 Å². The zero-order valence-corrected chi connectivity index (χ0v) is 55.2. The number of amides is 1. The Morgan fingerprint density at radius 1 is 0.398 bits per heavy atom. The Morgan fingerprint density at radius 3 is 0.976 bits per heavy atom. The largest absolute Gasteiger partial charge is 0.394 e. The summed E-state index contributed by atoms with van der Waals surface area (Å²) in [4.78, 5) is 13.1. The van der Waals surface area contributed by atoms with Crippen molar-refractivity contribution in [2.75, 3.05) is 13.2 Å². The first kappa shape index (κ1) is 79.7. The van der Waals surface area contributed by atoms with Crippen molar-refractivity contribution in [3.05, 3.63) is 24.3 Å². The number of carbonyl (C=O) groups excluding carboxylic acids is 1. The molecule has 0 saturated carbocycles. The molecular weight excluding hydrogens is 1030 g/mol. The maximum absolute atomic E-state index is 13.1. The van der Waals surface area contributed by atoms with E-state index in [1.165, 1.54) is 327 Å². The summed E-state index contributed by atoms with van der Waals surface area (Å²) < 4.78 is 11.3. The lowest BCUT2D eigenvalue weighted by Crippen LogP contribution is -2.60. The quantitative estimate of drug-likeness (QED) is 0.0261. The number of allylic oxidation sites excluding steroid dienone is 3. The number of hydrogen-bond donors (Lipinski definition) is 6. The number of unbranched alkanes of at least 4 members (excludes halogenated alkanes) is 54. The van der Waals surface area contributed by atoms with E-state index in [1.54, 1.807) is 6.08 Å². The maximum atomic E-state index is 13.1. The molecule has 83 heavy (non-hydrogen) atoms. The molecule has 9 nitrogen and oxygen atoms in total. The lowest BCUT2D eigenvalue weighted by Gasteiger charge is -2.40. The lowest BCUT2D eigenvalue weighted by atomic mass is 9.99. The molecular formula is C74H143NO8. The molecule has 0 spiro atoms. The van der Waals surface area contributed by atoms with Crippen LogP contribution in [-0.4, -0.2) is 87.5 Å². The molecule has 0 aromatic rings. The number of carbonyl (C=O) groups is 1. The Hall–Kier alpha value is -1.33. The van der Waals surface area contributed by atoms with Crippen LogP contribution >= 0.6 is 0 Å². The number of aliphatic hydroxyl groups is 5. The second kappa shape index (κ2) is 63.7. The van der Waals surface area contributed by atoms with Crippen LogP contribution in [0.2, 0.25) is 0 Å². The van der Waals surface area contributed by atoms with Gasteiger partial charge < -0.3 is 40.3 Å². The van der Waals surface area contributed by atoms with Gasteiger partial charge in [-0.3, -0.25) is 4.79 Å². The van der Waals surface area contributed by atoms with Crippen molar-refractivity contribution in [3.8, 4) is 0 Å². The number of hydrogen-bond acceptors (Lipinski definition) is 8. The van der Waals surface area contributed by atoms with Crippen LogP contribution in [0.3, 0.4) is 0 Å². The van der Waals surface area contributed by atoms with E-state index >= 15 is 0 Å². The predicted octanol–water partition coefficient (Wildman–Crippen LogP) is 20.4. The fourth-order valence-electron chi connectivity index (χ4n) is 12.2. The summed E-state index contributed by atoms with van der Waals surface area (Å²) >= 11 is 0. The van der Waals surface area contributed by atoms with Gasteiger partial charge in [0.1, 0.15) is 24.4 Å². The van der Waals surface area contributed by atoms with Gasteiger partial charge in [-0.15, -0.1) is 0 Å². The molecule has 1 saturated heterocycles. The first-order valence-corrected chi connectivity index (χ1v) is 37.1. The van der Waals surface area contributed by atoms with Crippen LogP contribution < -0.4 is 5.32 Å². The Labute approximate surface area is 515 Å². The molecule has 1 aliphatic heterocycles. The zero-order chi connectivity index (χ0) is 60.0. The van der Waals surface area contributed by atoms with Crippen LogP contribution in [0.1, 0.15) is 386 Å². The molecule has 0 aliphatic carbocycles. The molecule has 1 fully saturated rings. The van der Waals surface area contributed by atoms with Gasteiger partial charge in [0.15, 0.2) is 6.29 Å². The second-order valence-corrected chi connectivity index (χ2v) is 26.1. The Morgan fingerprint density at radius 2 is 0.675 bits per heavy atom. The monoisotopic (exact) mass is 1170 g/mol. The van der Waals surface area contributed by atoms with Gasteiger partial charge in [0.25, 0.3) is 0 Å². The average molecular weight is 1170 g/mol. The molecule has 7 atom stereocenters. The normalized spacial score (nSPS) is 18.3. The van der Waals surface area contributed by atoms with Crippen LogP contribution in [0.5, 0.6) is 0 Å². The van der Waals surface area contributed by atoms with E-state index in [9.17, 15) is 30.3 Å². The van der Waals surface area contributed by atoms with E-state index in [2.05, 4.69) is 31.3 Å². The summed E-state index contributed by atoms with van der Waals surface area (Å²) in [7, 11) is 0. The summed E-state index contributed by atoms with van der Waals surface area (Å²) in [5.41, 5.74) is 0. The first-order valence-electron chi connectivity index (χ1n) is 37.1. The minimum Gasteiger partial charge on any atom is -0.394 e. The van der Waals surface area contributed by atoms with Crippen molar-refractivity contribution < 1.29 is 39.8 Å². The Balaban J connectivity index is 2.05. The third-order valence-corrected chi connectivity index (χ3v) is 18.0. The SMILES string of the molecule is CCCCCCCCCCCCCCCCCCCC/C=C\CCCCCCCCCCCCCCCCCCCC(=O)NC(COC1OC(CO)C(O)C(O)C1O)C(O)/C=C/CCCCCCCCCCCCCCCCCCCCC. The van der Waals surface area contributed by atoms with Crippen LogP contribution in [0.15, 0.2) is 24.3 Å². The van der Waals surface area contributed by atoms with Crippen molar-refractivity contribution in [1.29, 1.82) is 0 Å². The molecule has 0 radical (unpaired) electrons. The van der Waals surface area contributed by atoms with Gasteiger partial charge in [0.2, 0.25) is 5.91 Å². The molecule has 9 heteroatoms. The highest BCUT2D eigenvalue weighted by molar-refractivity contribution is 5.76. The highest BCUT2D eigenvalue weighted by Crippen LogP contribution is 2.24. The molecule has 1 rings (SSSR count). The van der Waals surface area contributed by atoms with Crippen molar-refractivity contribution in [1.82, 2.24) is 5.32 Å². The van der Waals surface area contributed by atoms with Crippen LogP contribution in [0.25, 0.3) is 0 Å². The van der Waals surface area contributed by atoms with Gasteiger partial charge >= 0.3 is 0 Å². The minimum absolute atomic E-state index is 0.169. The lowest BCUT2D eigenvalue weighted by molar-refractivity contribution is -0.302. The summed E-state index contributed by atoms with van der Waals surface area (Å²) in [5.74, 6) is -0.169. The molecule has 0 aromatic heterocycles. The third kappa shape index (κ3) is 52.3. The summed E-state index contributed by atoms with van der Waals surface area (Å²) in [5, 5.41) is 54.8. The molecule has 1 heterocycles. The molecule has 0 bridgehead atoms. The summed E-state index contributed by atoms with van der Waals surface area (Å²) in [6.07, 6.45) is 77.4. The highest BCUT2D eigenvalue weighted by atomic mass is 16.7. The van der Waals surface area contributed by atoms with Crippen LogP contribution in [-0.2, 0) is 14.3 Å². The molecule has 7 unspecified atom stereocenters. The molecule has 0 aromatic carbocycles. The van der Waals surface area contributed by atoms with Crippen molar-refractivity contribution >= 4 is 5.91 Å². The number of ether oxygens (including phenoxy) is 2. The van der Waals surface area contributed by atoms with E-state index in [4.69, 9.17) is 9.47 Å². The van der Waals surface area contributed by atoms with E-state index in [0.29, 0.717) is 6.42 Å². The van der Waals surface area contributed by atoms with Crippen molar-refractivity contribution in [2.24, 2.45) is 0 Å². The molecule has 492 valence electrons. The minimum atomic E-state index is -1.57. The number of rotatable bonds is 66. The van der Waals surface area contributed by atoms with E-state index in [0.717, 1.165) is 38.5 Å². The Bertz CT molecular complexity index is 1360. The number of nitrogens with one attached hydrogen (secondary N) is 1. The van der Waals surface area contributed by atoms with Gasteiger partial charge in [-0.2, -0.15) is 0 Å². The summed E-state index contributed by atoms with van der Waals surface area (Å²) in [6, 6.07) is -0.804. The fourth-order valence-corrected chi connectivity index (χ4v) is 12.2. The van der Waals surface area contributed by atoms with Gasteiger partial charge in [-0.05, 0) is 44.9 Å². The molecule has 6 N–H and O–H groups in total. The zero-order valence-electron chi connectivity index (χ0n) is 55.2. The molecule has 1 amide bonds. The topological polar surface area (TPSA) is 149 Å². The fraction of sp³-hybridized carbons (Fsp3) is 0.932. The average Bonchev–Trinajstić information content (AvgIpc) is 3.60. The van der Waals surface area contributed by atoms with Crippen LogP contribution in [0, 0.1) is 0 Å². The standard InChI is InChI=1S/C74H143NO8/c1-3-5-7-9-11-13-15-17-19-21-23-25-26-27-28-29-30-31-32-33-34-35-36-37-38-39-40-41-42-44-46-48-50-52-54-56-58-60-62-64-70(78)75-67(66-82-74-73(81)72(80)71(79)69(65-76)83-74)68(77)63-61-59-57-55-53-51-49-47-45-43-24-22-20-18-16-14-12-10-8-6-4-2/h33-34,61,63,67-69,71-74,76-77,79-81H,3-32,35-60,62,64-66H2,1-2H3,(H,75,78)/b34-33-,63-61+. The predicted molar refractivity (Wildman–Crippen MR) is 355 cm³/mol. The third-order valence-electron chi connectivity index (χ3n) is 18.0. The van der Waals surface area contributed by atoms with E-state index in [-0.39, 0.29) is 12.5 Å². The first-order chi connectivity index (χ1) is 40.8. The highest BCUT2D eigenvalue weighted by Gasteiger charge is 2.44. The smallest absolute Gasteiger partial charge is 0.220 e. The number of aliphatic hydroxyl groups excluding tert-OH is 5. The van der Waals surface area contributed by atoms with Crippen molar-refractivity contribution in [3.63, 3.8) is 0 Å². The summed E-state index contributed by atoms with van der Waals surface area (Å²) in [6.45, 7) is 3.84. The van der Waals surface area contributed by atoms with Gasteiger partial charge in [0, 0.05) is 6.42 Å². The second-order valence-electron chi connectivity index (χ2n) is 26.1. The van der Waals surface area contributed by atoms with Crippen molar-refractivity contribution in [2.45, 2.75) is 429 Å². The van der Waals surface area contributed by atoms with Gasteiger partial charge in [-0.1, -0.05) is 359 Å². The van der Waals surface area contributed by atoms with E-state index < -0.39 is 49.5 Å².